The maximum Gasteiger partial charge on any atom is 0.0405 e. The minimum Gasteiger partial charge on any atom is -0.355 e. The van der Waals surface area contributed by atoms with Crippen molar-refractivity contribution < 1.29 is 0 Å². The second-order valence-electron chi connectivity index (χ2n) is 6.05. The van der Waals surface area contributed by atoms with E-state index >= 15 is 0 Å². The fourth-order valence-electron chi connectivity index (χ4n) is 3.06. The first-order chi connectivity index (χ1) is 11.8. The minimum absolute atomic E-state index is 1.07. The molecule has 4 aromatic heterocycles. The van der Waals surface area contributed by atoms with Crippen LogP contribution in [0, 0.1) is 0 Å². The molecule has 0 radical (unpaired) electrons. The maximum atomic E-state index is 3.42. The maximum absolute atomic E-state index is 3.42. The van der Waals surface area contributed by atoms with E-state index in [9.17, 15) is 0 Å². The Hall–Kier alpha value is -3.40. The average molecular weight is 312 g/mol. The molecule has 0 spiro atoms. The van der Waals surface area contributed by atoms with E-state index in [2.05, 4.69) is 92.8 Å². The third-order valence-electron chi connectivity index (χ3n) is 4.17. The summed E-state index contributed by atoms with van der Waals surface area (Å²) < 4.78 is 0. The van der Waals surface area contributed by atoms with Crippen molar-refractivity contribution in [3.8, 4) is 0 Å². The predicted octanol–water partition coefficient (Wildman–Crippen LogP) is 0.628. The van der Waals surface area contributed by atoms with Crippen LogP contribution in [0.3, 0.4) is 0 Å². The number of aromatic amines is 4. The van der Waals surface area contributed by atoms with Crippen LogP contribution in [0.1, 0.15) is 22.8 Å². The van der Waals surface area contributed by atoms with E-state index in [-0.39, 0.29) is 0 Å². The van der Waals surface area contributed by atoms with Crippen LogP contribution in [0.2, 0.25) is 0 Å². The molecule has 0 saturated carbocycles. The molecular weight excluding hydrogens is 296 g/mol. The standard InChI is InChI=1S/C20H16N4/c1-2-14-10-16-5-6-18(23-16)12-20-8-7-19(24-20)11-17-4-3-15(22-17)9-13(1)21-14/h1-12,21-24H. The molecule has 4 aromatic rings. The number of hydrogen-bond donors (Lipinski definition) is 4. The van der Waals surface area contributed by atoms with Gasteiger partial charge in [0.2, 0.25) is 0 Å². The fourth-order valence-corrected chi connectivity index (χ4v) is 3.06. The first kappa shape index (κ1) is 13.1. The SMILES string of the molecule is C1=c2ccc([nH]2)=Cc2ccc([nH]2)C=c2ccc([nH]2)=Cc2ccc1[nH]2. The first-order valence-electron chi connectivity index (χ1n) is 7.95. The van der Waals surface area contributed by atoms with Gasteiger partial charge in [-0.15, -0.1) is 0 Å². The van der Waals surface area contributed by atoms with E-state index < -0.39 is 0 Å². The van der Waals surface area contributed by atoms with Crippen LogP contribution in [-0.4, -0.2) is 19.9 Å². The highest BCUT2D eigenvalue weighted by atomic mass is 14.8. The molecule has 0 aromatic carbocycles. The Balaban J connectivity index is 1.79. The highest BCUT2D eigenvalue weighted by Crippen LogP contribution is 2.04. The van der Waals surface area contributed by atoms with Crippen LogP contribution >= 0.6 is 0 Å². The molecule has 1 aliphatic heterocycles. The van der Waals surface area contributed by atoms with Crippen LogP contribution in [-0.2, 0) is 0 Å². The molecule has 0 unspecified atom stereocenters. The van der Waals surface area contributed by atoms with E-state index in [1.165, 1.54) is 0 Å². The van der Waals surface area contributed by atoms with Crippen molar-refractivity contribution in [3.63, 3.8) is 0 Å². The zero-order chi connectivity index (χ0) is 15.9. The van der Waals surface area contributed by atoms with Gasteiger partial charge in [0.05, 0.1) is 0 Å². The van der Waals surface area contributed by atoms with Gasteiger partial charge in [-0.25, -0.2) is 0 Å². The van der Waals surface area contributed by atoms with E-state index in [1.807, 2.05) is 0 Å². The average Bonchev–Trinajstić information content (AvgIpc) is 3.32. The summed E-state index contributed by atoms with van der Waals surface area (Å²) in [6.45, 7) is 0. The van der Waals surface area contributed by atoms with Crippen LogP contribution in [0.15, 0.2) is 48.5 Å². The van der Waals surface area contributed by atoms with Crippen LogP contribution in [0.5, 0.6) is 0 Å². The molecule has 4 nitrogen and oxygen atoms in total. The molecule has 8 bridgehead atoms. The second kappa shape index (κ2) is 5.06. The number of fused-ring (bicyclic) bond motifs is 8. The summed E-state index contributed by atoms with van der Waals surface area (Å²) in [6.07, 6.45) is 8.42. The summed E-state index contributed by atoms with van der Waals surface area (Å²) >= 11 is 0. The second-order valence-corrected chi connectivity index (χ2v) is 6.05. The van der Waals surface area contributed by atoms with Gasteiger partial charge < -0.3 is 19.9 Å². The first-order valence-corrected chi connectivity index (χ1v) is 7.95. The Morgan fingerprint density at radius 3 is 0.917 bits per heavy atom. The lowest BCUT2D eigenvalue weighted by Crippen LogP contribution is -2.10. The molecule has 4 heteroatoms. The molecular formula is C20H16N4. The summed E-state index contributed by atoms with van der Waals surface area (Å²) in [5.41, 5.74) is 4.29. The normalized spacial score (nSPS) is 12.7. The zero-order valence-electron chi connectivity index (χ0n) is 12.9. The molecule has 0 aliphatic carbocycles. The monoisotopic (exact) mass is 312 g/mol. The van der Waals surface area contributed by atoms with Gasteiger partial charge in [-0.2, -0.15) is 0 Å². The molecule has 0 atom stereocenters. The van der Waals surface area contributed by atoms with Gasteiger partial charge in [0, 0.05) is 44.2 Å². The molecule has 116 valence electrons. The van der Waals surface area contributed by atoms with Gasteiger partial charge in [-0.05, 0) is 72.8 Å². The molecule has 0 saturated heterocycles. The van der Waals surface area contributed by atoms with Gasteiger partial charge in [0.25, 0.3) is 0 Å². The Labute approximate surface area is 137 Å². The topological polar surface area (TPSA) is 63.2 Å². The summed E-state index contributed by atoms with van der Waals surface area (Å²) in [7, 11) is 0. The summed E-state index contributed by atoms with van der Waals surface area (Å²) in [6, 6.07) is 16.7. The Bertz CT molecular complexity index is 1070. The zero-order valence-corrected chi connectivity index (χ0v) is 12.9. The number of hydrogen-bond acceptors (Lipinski definition) is 0. The lowest BCUT2D eigenvalue weighted by Gasteiger charge is -1.88. The van der Waals surface area contributed by atoms with Crippen molar-refractivity contribution in [2.24, 2.45) is 0 Å². The van der Waals surface area contributed by atoms with Gasteiger partial charge >= 0.3 is 0 Å². The largest absolute Gasteiger partial charge is 0.355 e. The van der Waals surface area contributed by atoms with Crippen LogP contribution in [0.25, 0.3) is 24.3 Å². The van der Waals surface area contributed by atoms with Crippen molar-refractivity contribution in [1.82, 2.24) is 19.9 Å². The Kier molecular flexibility index (Phi) is 2.76. The van der Waals surface area contributed by atoms with Crippen molar-refractivity contribution in [2.75, 3.05) is 0 Å². The number of rotatable bonds is 0. The van der Waals surface area contributed by atoms with Gasteiger partial charge in [0.1, 0.15) is 0 Å². The molecule has 1 aliphatic rings. The predicted molar refractivity (Wildman–Crippen MR) is 95.9 cm³/mol. The van der Waals surface area contributed by atoms with Crippen molar-refractivity contribution in [2.45, 2.75) is 0 Å². The third kappa shape index (κ3) is 2.44. The molecule has 0 amide bonds. The fraction of sp³-hybridized carbons (Fsp3) is 0. The van der Waals surface area contributed by atoms with E-state index in [1.54, 1.807) is 0 Å². The molecule has 0 fully saturated rings. The smallest absolute Gasteiger partial charge is 0.0405 e. The van der Waals surface area contributed by atoms with Crippen LogP contribution in [0.4, 0.5) is 0 Å². The van der Waals surface area contributed by atoms with Crippen molar-refractivity contribution >= 4 is 24.3 Å². The Morgan fingerprint density at radius 1 is 0.333 bits per heavy atom. The molecule has 4 N–H and O–H groups in total. The third-order valence-corrected chi connectivity index (χ3v) is 4.17. The van der Waals surface area contributed by atoms with Gasteiger partial charge in [0.15, 0.2) is 0 Å². The summed E-state index contributed by atoms with van der Waals surface area (Å²) in [4.78, 5) is 13.7. The van der Waals surface area contributed by atoms with E-state index in [0.29, 0.717) is 0 Å². The van der Waals surface area contributed by atoms with E-state index in [0.717, 1.165) is 44.2 Å². The summed E-state index contributed by atoms with van der Waals surface area (Å²) in [5, 5.41) is 4.29. The van der Waals surface area contributed by atoms with Gasteiger partial charge in [-0.1, -0.05) is 0 Å². The lowest BCUT2D eigenvalue weighted by molar-refractivity contribution is 1.23. The van der Waals surface area contributed by atoms with E-state index in [4.69, 9.17) is 0 Å². The molecule has 24 heavy (non-hydrogen) atoms. The number of nitrogens with one attached hydrogen (secondary N) is 4. The van der Waals surface area contributed by atoms with Crippen molar-refractivity contribution in [3.05, 3.63) is 92.7 Å². The lowest BCUT2D eigenvalue weighted by atomic mass is 10.3. The highest BCUT2D eigenvalue weighted by molar-refractivity contribution is 5.54. The van der Waals surface area contributed by atoms with Crippen molar-refractivity contribution in [1.29, 1.82) is 0 Å². The molecule has 5 rings (SSSR count). The number of aromatic nitrogens is 4. The highest BCUT2D eigenvalue weighted by Gasteiger charge is 1.97. The minimum atomic E-state index is 1.07. The Morgan fingerprint density at radius 2 is 0.625 bits per heavy atom. The molecule has 5 heterocycles. The summed E-state index contributed by atoms with van der Waals surface area (Å²) in [5.74, 6) is 0. The number of H-pyrrole nitrogens is 4. The van der Waals surface area contributed by atoms with Crippen LogP contribution < -0.4 is 21.4 Å². The quantitative estimate of drug-likeness (QED) is 0.324. The van der Waals surface area contributed by atoms with Gasteiger partial charge in [-0.3, -0.25) is 0 Å².